The van der Waals surface area contributed by atoms with Gasteiger partial charge in [0, 0.05) is 16.6 Å². The van der Waals surface area contributed by atoms with E-state index in [0.717, 1.165) is 16.3 Å². The molecule has 0 saturated carbocycles. The molecule has 17 heavy (non-hydrogen) atoms. The van der Waals surface area contributed by atoms with Gasteiger partial charge in [0.2, 0.25) is 5.91 Å². The number of nitrogens with zero attached hydrogens (tertiary/aromatic N) is 1. The van der Waals surface area contributed by atoms with Gasteiger partial charge in [-0.05, 0) is 45.9 Å². The summed E-state index contributed by atoms with van der Waals surface area (Å²) >= 11 is 1.59. The molecule has 1 aliphatic heterocycles. The number of anilines is 2. The molecule has 1 aliphatic rings. The molecule has 3 nitrogen and oxygen atoms in total. The first-order valence-corrected chi connectivity index (χ1v) is 6.57. The van der Waals surface area contributed by atoms with E-state index in [1.54, 1.807) is 11.8 Å². The molecule has 1 aromatic carbocycles. The normalized spacial score (nSPS) is 18.4. The number of hydrogen-bond donors (Lipinski definition) is 1. The van der Waals surface area contributed by atoms with Gasteiger partial charge in [0.15, 0.2) is 0 Å². The fourth-order valence-electron chi connectivity index (χ4n) is 2.04. The van der Waals surface area contributed by atoms with Crippen molar-refractivity contribution in [1.82, 2.24) is 0 Å². The Kier molecular flexibility index (Phi) is 2.86. The maximum atomic E-state index is 12.4. The zero-order chi connectivity index (χ0) is 12.8. The number of amides is 1. The van der Waals surface area contributed by atoms with E-state index in [0.29, 0.717) is 0 Å². The lowest BCUT2D eigenvalue weighted by Crippen LogP contribution is -2.49. The third-order valence-corrected chi connectivity index (χ3v) is 4.09. The first-order valence-electron chi connectivity index (χ1n) is 5.75. The number of carbonyl (C=O) groups excluding carboxylic acids is 1. The van der Waals surface area contributed by atoms with E-state index in [4.69, 9.17) is 5.73 Å². The van der Waals surface area contributed by atoms with E-state index in [2.05, 4.69) is 0 Å². The number of fused-ring (bicyclic) bond motifs is 1. The number of nitrogen functional groups attached to an aromatic ring is 1. The summed E-state index contributed by atoms with van der Waals surface area (Å²) in [5, 5.41) is 0. The Bertz CT molecular complexity index is 468. The van der Waals surface area contributed by atoms with E-state index in [-0.39, 0.29) is 11.9 Å². The summed E-state index contributed by atoms with van der Waals surface area (Å²) < 4.78 is -0.426. The smallest absolute Gasteiger partial charge is 0.243 e. The second-order valence-corrected chi connectivity index (χ2v) is 6.77. The molecule has 0 spiro atoms. The average molecular weight is 250 g/mol. The molecular formula is C13H18N2OS. The Balaban J connectivity index is 2.58. The van der Waals surface area contributed by atoms with E-state index < -0.39 is 4.75 Å². The first kappa shape index (κ1) is 12.3. The lowest BCUT2D eigenvalue weighted by atomic mass is 10.1. The molecule has 0 saturated heterocycles. The van der Waals surface area contributed by atoms with Crippen molar-refractivity contribution in [3.8, 4) is 0 Å². The second kappa shape index (κ2) is 3.95. The van der Waals surface area contributed by atoms with Crippen LogP contribution < -0.4 is 10.6 Å². The SMILES string of the molecule is CC(C)N1C(=O)C(C)(C)Sc2cc(N)ccc21. The third kappa shape index (κ3) is 2.02. The highest BCUT2D eigenvalue weighted by Gasteiger charge is 2.40. The molecule has 1 heterocycles. The average Bonchev–Trinajstić information content (AvgIpc) is 2.19. The lowest BCUT2D eigenvalue weighted by molar-refractivity contribution is -0.120. The summed E-state index contributed by atoms with van der Waals surface area (Å²) in [5.74, 6) is 0.162. The van der Waals surface area contributed by atoms with Gasteiger partial charge in [-0.1, -0.05) is 0 Å². The topological polar surface area (TPSA) is 46.3 Å². The first-order chi connectivity index (χ1) is 7.83. The van der Waals surface area contributed by atoms with Gasteiger partial charge in [0.25, 0.3) is 0 Å². The van der Waals surface area contributed by atoms with E-state index in [1.807, 2.05) is 50.8 Å². The van der Waals surface area contributed by atoms with E-state index >= 15 is 0 Å². The van der Waals surface area contributed by atoms with Crippen LogP contribution in [-0.2, 0) is 4.79 Å². The van der Waals surface area contributed by atoms with Crippen LogP contribution in [0.25, 0.3) is 0 Å². The molecule has 92 valence electrons. The van der Waals surface area contributed by atoms with Crippen LogP contribution in [0.2, 0.25) is 0 Å². The predicted molar refractivity (Wildman–Crippen MR) is 73.4 cm³/mol. The fraction of sp³-hybridized carbons (Fsp3) is 0.462. The van der Waals surface area contributed by atoms with Gasteiger partial charge in [-0.2, -0.15) is 0 Å². The molecule has 0 atom stereocenters. The quantitative estimate of drug-likeness (QED) is 0.780. The molecule has 0 aliphatic carbocycles. The van der Waals surface area contributed by atoms with E-state index in [1.165, 1.54) is 0 Å². The number of carbonyl (C=O) groups is 1. The van der Waals surface area contributed by atoms with Crippen molar-refractivity contribution < 1.29 is 4.79 Å². The monoisotopic (exact) mass is 250 g/mol. The molecule has 0 unspecified atom stereocenters. The Morgan fingerprint density at radius 3 is 2.59 bits per heavy atom. The molecule has 2 rings (SSSR count). The zero-order valence-electron chi connectivity index (χ0n) is 10.7. The van der Waals surface area contributed by atoms with Crippen molar-refractivity contribution >= 4 is 29.0 Å². The minimum atomic E-state index is -0.426. The molecule has 4 heteroatoms. The van der Waals surface area contributed by atoms with Crippen molar-refractivity contribution in [2.24, 2.45) is 0 Å². The van der Waals surface area contributed by atoms with Gasteiger partial charge in [-0.3, -0.25) is 4.79 Å². The van der Waals surface area contributed by atoms with Gasteiger partial charge in [0.05, 0.1) is 10.4 Å². The number of hydrogen-bond acceptors (Lipinski definition) is 3. The van der Waals surface area contributed by atoms with Crippen LogP contribution in [0.1, 0.15) is 27.7 Å². The lowest BCUT2D eigenvalue weighted by Gasteiger charge is -2.40. The molecule has 2 N–H and O–H groups in total. The number of thioether (sulfide) groups is 1. The highest BCUT2D eigenvalue weighted by molar-refractivity contribution is 8.01. The predicted octanol–water partition coefficient (Wildman–Crippen LogP) is 2.89. The van der Waals surface area contributed by atoms with Crippen LogP contribution in [-0.4, -0.2) is 16.7 Å². The highest BCUT2D eigenvalue weighted by atomic mass is 32.2. The van der Waals surface area contributed by atoms with Gasteiger partial charge < -0.3 is 10.6 Å². The molecule has 0 radical (unpaired) electrons. The summed E-state index contributed by atoms with van der Waals surface area (Å²) in [4.78, 5) is 15.4. The number of nitrogens with two attached hydrogens (primary N) is 1. The maximum absolute atomic E-state index is 12.4. The van der Waals surface area contributed by atoms with Crippen LogP contribution in [0, 0.1) is 0 Å². The summed E-state index contributed by atoms with van der Waals surface area (Å²) in [6.45, 7) is 7.98. The largest absolute Gasteiger partial charge is 0.399 e. The van der Waals surface area contributed by atoms with Gasteiger partial charge in [-0.25, -0.2) is 0 Å². The molecule has 1 amide bonds. The van der Waals surface area contributed by atoms with Crippen molar-refractivity contribution in [3.63, 3.8) is 0 Å². The molecule has 0 aromatic heterocycles. The van der Waals surface area contributed by atoms with Crippen LogP contribution in [0.4, 0.5) is 11.4 Å². The fourth-order valence-corrected chi connectivity index (χ4v) is 3.24. The Morgan fingerprint density at radius 1 is 1.35 bits per heavy atom. The van der Waals surface area contributed by atoms with Crippen LogP contribution in [0.5, 0.6) is 0 Å². The molecular weight excluding hydrogens is 232 g/mol. The van der Waals surface area contributed by atoms with Crippen LogP contribution >= 0.6 is 11.8 Å². The summed E-state index contributed by atoms with van der Waals surface area (Å²) in [6.07, 6.45) is 0. The minimum absolute atomic E-state index is 0.157. The maximum Gasteiger partial charge on any atom is 0.243 e. The summed E-state index contributed by atoms with van der Waals surface area (Å²) in [7, 11) is 0. The van der Waals surface area contributed by atoms with Crippen LogP contribution in [0.3, 0.4) is 0 Å². The van der Waals surface area contributed by atoms with E-state index in [9.17, 15) is 4.79 Å². The molecule has 0 bridgehead atoms. The minimum Gasteiger partial charge on any atom is -0.399 e. The van der Waals surface area contributed by atoms with Crippen molar-refractivity contribution in [2.45, 2.75) is 43.4 Å². The third-order valence-electron chi connectivity index (χ3n) is 2.86. The summed E-state index contributed by atoms with van der Waals surface area (Å²) in [6, 6.07) is 5.89. The summed E-state index contributed by atoms with van der Waals surface area (Å²) in [5.41, 5.74) is 7.53. The zero-order valence-corrected chi connectivity index (χ0v) is 11.5. The number of rotatable bonds is 1. The Hall–Kier alpha value is -1.16. The van der Waals surface area contributed by atoms with Gasteiger partial charge >= 0.3 is 0 Å². The highest BCUT2D eigenvalue weighted by Crippen LogP contribution is 2.46. The Labute approximate surface area is 106 Å². The standard InChI is InChI=1S/C13H18N2OS/c1-8(2)15-10-6-5-9(14)7-11(10)17-13(3,4)12(15)16/h5-8H,14H2,1-4H3. The Morgan fingerprint density at radius 2 is 2.00 bits per heavy atom. The second-order valence-electron chi connectivity index (χ2n) is 5.11. The van der Waals surface area contributed by atoms with Gasteiger partial charge in [-0.15, -0.1) is 11.8 Å². The van der Waals surface area contributed by atoms with Crippen molar-refractivity contribution in [2.75, 3.05) is 10.6 Å². The molecule has 0 fully saturated rings. The van der Waals surface area contributed by atoms with Gasteiger partial charge in [0.1, 0.15) is 0 Å². The van der Waals surface area contributed by atoms with Crippen LogP contribution in [0.15, 0.2) is 23.1 Å². The van der Waals surface area contributed by atoms with Crippen molar-refractivity contribution in [1.29, 1.82) is 0 Å². The van der Waals surface area contributed by atoms with Crippen molar-refractivity contribution in [3.05, 3.63) is 18.2 Å². The molecule has 1 aromatic rings. The number of benzene rings is 1.